The third-order valence-corrected chi connectivity index (χ3v) is 4.05. The van der Waals surface area contributed by atoms with Crippen molar-refractivity contribution in [2.45, 2.75) is 12.3 Å². The highest BCUT2D eigenvalue weighted by atomic mass is 127. The molecule has 1 aromatic carbocycles. The lowest BCUT2D eigenvalue weighted by Gasteiger charge is -2.12. The first-order valence-corrected chi connectivity index (χ1v) is 7.51. The lowest BCUT2D eigenvalue weighted by molar-refractivity contribution is 0.626. The van der Waals surface area contributed by atoms with Gasteiger partial charge in [-0.15, -0.1) is 11.6 Å². The summed E-state index contributed by atoms with van der Waals surface area (Å²) in [6.45, 7) is 1.86. The molecule has 3 aromatic rings. The third-order valence-electron chi connectivity index (χ3n) is 2.99. The highest BCUT2D eigenvalue weighted by molar-refractivity contribution is 14.1. The van der Waals surface area contributed by atoms with Gasteiger partial charge in [-0.1, -0.05) is 0 Å². The van der Waals surface area contributed by atoms with Crippen LogP contribution in [0.3, 0.4) is 0 Å². The Labute approximate surface area is 133 Å². The smallest absolute Gasteiger partial charge is 0.132 e. The predicted octanol–water partition coefficient (Wildman–Crippen LogP) is 4.46. The number of imidazole rings is 1. The summed E-state index contributed by atoms with van der Waals surface area (Å²) in [5, 5.41) is -0.261. The normalized spacial score (nSPS) is 12.8. The van der Waals surface area contributed by atoms with Crippen LogP contribution < -0.4 is 0 Å². The van der Waals surface area contributed by atoms with E-state index in [9.17, 15) is 4.39 Å². The predicted molar refractivity (Wildman–Crippen MR) is 85.8 cm³/mol. The Balaban J connectivity index is 2.36. The van der Waals surface area contributed by atoms with Crippen molar-refractivity contribution in [3.63, 3.8) is 0 Å². The molecule has 0 amide bonds. The topological polar surface area (TPSA) is 30.7 Å². The first kappa shape index (κ1) is 13.8. The highest BCUT2D eigenvalue weighted by Gasteiger charge is 2.18. The fraction of sp³-hybridized carbons (Fsp3) is 0.143. The van der Waals surface area contributed by atoms with Crippen LogP contribution in [-0.4, -0.2) is 14.5 Å². The number of halogens is 3. The summed E-state index contributed by atoms with van der Waals surface area (Å²) in [7, 11) is 0. The molecule has 0 spiro atoms. The maximum absolute atomic E-state index is 13.3. The minimum Gasteiger partial charge on any atom is -0.294 e. The van der Waals surface area contributed by atoms with Crippen LogP contribution in [0, 0.1) is 9.39 Å². The molecule has 3 rings (SSSR count). The van der Waals surface area contributed by atoms with Gasteiger partial charge in [-0.2, -0.15) is 0 Å². The van der Waals surface area contributed by atoms with Crippen LogP contribution in [-0.2, 0) is 0 Å². The molecule has 2 aromatic heterocycles. The Hall–Kier alpha value is -1.21. The number of hydrogen-bond donors (Lipinski definition) is 0. The van der Waals surface area contributed by atoms with Crippen molar-refractivity contribution >= 4 is 45.2 Å². The first-order valence-electron chi connectivity index (χ1n) is 6.00. The molecule has 0 saturated heterocycles. The first-order chi connectivity index (χ1) is 9.58. The Morgan fingerprint density at radius 3 is 2.85 bits per heavy atom. The Bertz CT molecular complexity index is 785. The molecule has 20 heavy (non-hydrogen) atoms. The van der Waals surface area contributed by atoms with Crippen molar-refractivity contribution < 1.29 is 4.39 Å². The van der Waals surface area contributed by atoms with Gasteiger partial charge in [0.05, 0.1) is 22.8 Å². The molecular weight excluding hydrogens is 392 g/mol. The zero-order valence-corrected chi connectivity index (χ0v) is 13.4. The second-order valence-corrected chi connectivity index (χ2v) is 6.20. The summed E-state index contributed by atoms with van der Waals surface area (Å²) < 4.78 is 16.1. The van der Waals surface area contributed by atoms with E-state index >= 15 is 0 Å². The molecule has 0 radical (unpaired) electrons. The van der Waals surface area contributed by atoms with Crippen molar-refractivity contribution in [1.82, 2.24) is 14.5 Å². The van der Waals surface area contributed by atoms with Gasteiger partial charge < -0.3 is 0 Å². The van der Waals surface area contributed by atoms with Gasteiger partial charge in [0, 0.05) is 9.77 Å². The van der Waals surface area contributed by atoms with Crippen LogP contribution in [0.25, 0.3) is 16.7 Å². The summed E-state index contributed by atoms with van der Waals surface area (Å²) in [5.41, 5.74) is 2.55. The highest BCUT2D eigenvalue weighted by Crippen LogP contribution is 2.30. The molecule has 6 heteroatoms. The van der Waals surface area contributed by atoms with Crippen LogP contribution in [0.2, 0.25) is 0 Å². The van der Waals surface area contributed by atoms with E-state index in [1.165, 1.54) is 12.1 Å². The molecule has 1 atom stereocenters. The van der Waals surface area contributed by atoms with Crippen molar-refractivity contribution in [2.24, 2.45) is 0 Å². The number of pyridine rings is 1. The summed E-state index contributed by atoms with van der Waals surface area (Å²) in [6.07, 6.45) is 3.41. The largest absolute Gasteiger partial charge is 0.294 e. The fourth-order valence-electron chi connectivity index (χ4n) is 2.13. The zero-order chi connectivity index (χ0) is 14.3. The summed E-state index contributed by atoms with van der Waals surface area (Å²) in [5.74, 6) is 0.462. The number of alkyl halides is 1. The number of benzene rings is 1. The van der Waals surface area contributed by atoms with E-state index in [-0.39, 0.29) is 11.2 Å². The molecule has 0 N–H and O–H groups in total. The Morgan fingerprint density at radius 1 is 1.35 bits per heavy atom. The molecule has 102 valence electrons. The molecule has 0 aliphatic rings. The molecule has 0 aliphatic carbocycles. The van der Waals surface area contributed by atoms with E-state index in [1.807, 2.05) is 17.6 Å². The summed E-state index contributed by atoms with van der Waals surface area (Å²) >= 11 is 8.35. The number of hydrogen-bond acceptors (Lipinski definition) is 2. The average molecular weight is 402 g/mol. The number of fused-ring (bicyclic) bond motifs is 1. The quantitative estimate of drug-likeness (QED) is 0.469. The van der Waals surface area contributed by atoms with Gasteiger partial charge in [0.25, 0.3) is 0 Å². The van der Waals surface area contributed by atoms with E-state index in [0.717, 1.165) is 26.1 Å². The SMILES string of the molecule is CC(Cl)c1nc2cnccc2n1-c1ccc(F)cc1I. The fourth-order valence-corrected chi connectivity index (χ4v) is 3.00. The Kier molecular flexibility index (Phi) is 3.64. The number of rotatable bonds is 2. The van der Waals surface area contributed by atoms with Crippen LogP contribution in [0.15, 0.2) is 36.7 Å². The van der Waals surface area contributed by atoms with Crippen molar-refractivity contribution in [3.8, 4) is 5.69 Å². The van der Waals surface area contributed by atoms with Crippen molar-refractivity contribution in [2.75, 3.05) is 0 Å². The molecule has 0 bridgehead atoms. The van der Waals surface area contributed by atoms with Gasteiger partial charge in [-0.05, 0) is 53.8 Å². The van der Waals surface area contributed by atoms with Gasteiger partial charge in [0.15, 0.2) is 0 Å². The molecule has 0 saturated carbocycles. The van der Waals surface area contributed by atoms with Crippen LogP contribution in [0.5, 0.6) is 0 Å². The molecule has 3 nitrogen and oxygen atoms in total. The van der Waals surface area contributed by atoms with Gasteiger partial charge in [0.1, 0.15) is 17.2 Å². The van der Waals surface area contributed by atoms with Gasteiger partial charge in [-0.25, -0.2) is 9.37 Å². The van der Waals surface area contributed by atoms with Crippen molar-refractivity contribution in [1.29, 1.82) is 0 Å². The summed E-state index contributed by atoms with van der Waals surface area (Å²) in [6, 6.07) is 6.55. The zero-order valence-electron chi connectivity index (χ0n) is 10.5. The minimum absolute atomic E-state index is 0.260. The molecular formula is C14H10ClFIN3. The number of nitrogens with zero attached hydrogens (tertiary/aromatic N) is 3. The van der Waals surface area contributed by atoms with Crippen LogP contribution in [0.4, 0.5) is 4.39 Å². The lowest BCUT2D eigenvalue weighted by atomic mass is 10.3. The summed E-state index contributed by atoms with van der Waals surface area (Å²) in [4.78, 5) is 8.60. The second-order valence-electron chi connectivity index (χ2n) is 4.38. The maximum Gasteiger partial charge on any atom is 0.132 e. The Morgan fingerprint density at radius 2 is 2.15 bits per heavy atom. The van der Waals surface area contributed by atoms with Crippen LogP contribution in [0.1, 0.15) is 18.1 Å². The van der Waals surface area contributed by atoms with Gasteiger partial charge in [0.2, 0.25) is 0 Å². The van der Waals surface area contributed by atoms with E-state index < -0.39 is 0 Å². The van der Waals surface area contributed by atoms with E-state index in [0.29, 0.717) is 0 Å². The van der Waals surface area contributed by atoms with Gasteiger partial charge in [-0.3, -0.25) is 9.55 Å². The lowest BCUT2D eigenvalue weighted by Crippen LogP contribution is -2.04. The molecule has 2 heterocycles. The average Bonchev–Trinajstić information content (AvgIpc) is 2.78. The van der Waals surface area contributed by atoms with Crippen molar-refractivity contribution in [3.05, 3.63) is 51.9 Å². The number of aromatic nitrogens is 3. The monoisotopic (exact) mass is 401 g/mol. The van der Waals surface area contributed by atoms with E-state index in [2.05, 4.69) is 32.6 Å². The molecule has 0 fully saturated rings. The minimum atomic E-state index is -0.261. The third kappa shape index (κ3) is 2.29. The van der Waals surface area contributed by atoms with E-state index in [4.69, 9.17) is 11.6 Å². The molecule has 0 aliphatic heterocycles. The maximum atomic E-state index is 13.3. The second kappa shape index (κ2) is 5.29. The van der Waals surface area contributed by atoms with Gasteiger partial charge >= 0.3 is 0 Å². The van der Waals surface area contributed by atoms with E-state index in [1.54, 1.807) is 18.5 Å². The molecule has 1 unspecified atom stereocenters. The standard InChI is InChI=1S/C14H10ClFIN3/c1-8(15)14-19-11-7-18-5-4-13(11)20(14)12-3-2-9(16)6-10(12)17/h2-8H,1H3. The van der Waals surface area contributed by atoms with Crippen LogP contribution >= 0.6 is 34.2 Å².